The number of phenols is 1. The van der Waals surface area contributed by atoms with E-state index >= 15 is 0 Å². The van der Waals surface area contributed by atoms with Gasteiger partial charge in [0.25, 0.3) is 5.69 Å². The minimum absolute atomic E-state index is 0.0206. The van der Waals surface area contributed by atoms with Gasteiger partial charge in [0.1, 0.15) is 5.75 Å². The summed E-state index contributed by atoms with van der Waals surface area (Å²) in [5.74, 6) is 0.175. The fraction of sp³-hybridized carbons (Fsp3) is 0. The number of anilines is 1. The molecule has 3 aromatic rings. The molecule has 0 bridgehead atoms. The van der Waals surface area contributed by atoms with Crippen LogP contribution in [-0.4, -0.2) is 15.7 Å². The molecular weight excluding hydrogens is 342 g/mol. The molecule has 0 heterocycles. The second kappa shape index (κ2) is 8.44. The molecule has 0 saturated heterocycles. The third kappa shape index (κ3) is 5.02. The fourth-order valence-corrected chi connectivity index (χ4v) is 2.35. The Labute approximate surface area is 156 Å². The van der Waals surface area contributed by atoms with E-state index in [0.717, 1.165) is 11.1 Å². The highest BCUT2D eigenvalue weighted by Crippen LogP contribution is 2.17. The summed E-state index contributed by atoms with van der Waals surface area (Å²) in [6.07, 6.45) is 3.79. The smallest absolute Gasteiger partial charge is 0.269 e. The zero-order valence-corrected chi connectivity index (χ0v) is 14.3. The van der Waals surface area contributed by atoms with Gasteiger partial charge in [-0.3, -0.25) is 15.5 Å². The molecule has 0 unspecified atom stereocenters. The summed E-state index contributed by atoms with van der Waals surface area (Å²) in [5, 5.41) is 24.6. The van der Waals surface area contributed by atoms with Crippen LogP contribution in [0.5, 0.6) is 5.75 Å². The molecule has 0 fully saturated rings. The molecule has 0 aliphatic carbocycles. The minimum atomic E-state index is -0.447. The maximum atomic E-state index is 10.7. The summed E-state index contributed by atoms with van der Waals surface area (Å²) in [5.41, 5.74) is 6.05. The predicted octanol–water partition coefficient (Wildman–Crippen LogP) is 4.83. The van der Waals surface area contributed by atoms with Crippen LogP contribution in [0.1, 0.15) is 11.1 Å². The van der Waals surface area contributed by atoms with E-state index in [0.29, 0.717) is 11.4 Å². The molecule has 6 nitrogen and oxygen atoms in total. The molecule has 0 atom stereocenters. The molecule has 6 heteroatoms. The summed E-state index contributed by atoms with van der Waals surface area (Å²) >= 11 is 0. The SMILES string of the molecule is O=[N+]([O-])c1ccc(NN=C(C=Cc2ccccc2)c2ccc(O)cc2)cc1. The molecular formula is C21H17N3O3. The van der Waals surface area contributed by atoms with Crippen molar-refractivity contribution in [3.63, 3.8) is 0 Å². The number of nitrogens with zero attached hydrogens (tertiary/aromatic N) is 2. The topological polar surface area (TPSA) is 87.8 Å². The first kappa shape index (κ1) is 17.9. The van der Waals surface area contributed by atoms with Gasteiger partial charge in [0, 0.05) is 17.7 Å². The number of hydrogen-bond acceptors (Lipinski definition) is 5. The zero-order valence-electron chi connectivity index (χ0n) is 14.3. The molecule has 0 radical (unpaired) electrons. The van der Waals surface area contributed by atoms with Crippen LogP contribution < -0.4 is 5.43 Å². The lowest BCUT2D eigenvalue weighted by Crippen LogP contribution is -2.01. The standard InChI is InChI=1S/C21H17N3O3/c25-20-13-7-17(8-14-20)21(15-6-16-4-2-1-3-5-16)23-22-18-9-11-19(12-10-18)24(26)27/h1-15,22,25H. The highest BCUT2D eigenvalue weighted by atomic mass is 16.6. The molecule has 0 aliphatic rings. The molecule has 3 rings (SSSR count). The second-order valence-electron chi connectivity index (χ2n) is 5.70. The van der Waals surface area contributed by atoms with Gasteiger partial charge in [0.05, 0.1) is 16.3 Å². The molecule has 0 saturated carbocycles. The lowest BCUT2D eigenvalue weighted by Gasteiger charge is -2.05. The predicted molar refractivity (Wildman–Crippen MR) is 107 cm³/mol. The van der Waals surface area contributed by atoms with Crippen LogP contribution >= 0.6 is 0 Å². The van der Waals surface area contributed by atoms with Crippen LogP contribution in [0, 0.1) is 10.1 Å². The van der Waals surface area contributed by atoms with E-state index in [1.165, 1.54) is 12.1 Å². The summed E-state index contributed by atoms with van der Waals surface area (Å²) in [6.45, 7) is 0. The Morgan fingerprint density at radius 1 is 0.963 bits per heavy atom. The number of nitro benzene ring substituents is 1. The molecule has 27 heavy (non-hydrogen) atoms. The third-order valence-corrected chi connectivity index (χ3v) is 3.78. The van der Waals surface area contributed by atoms with Crippen LogP contribution in [0.15, 0.2) is 90.0 Å². The van der Waals surface area contributed by atoms with Crippen LogP contribution in [-0.2, 0) is 0 Å². The number of aromatic hydroxyl groups is 1. The normalized spacial score (nSPS) is 11.5. The van der Waals surface area contributed by atoms with Gasteiger partial charge in [0.2, 0.25) is 0 Å². The fourth-order valence-electron chi connectivity index (χ4n) is 2.35. The van der Waals surface area contributed by atoms with Crippen molar-refractivity contribution < 1.29 is 10.0 Å². The number of hydrogen-bond donors (Lipinski definition) is 2. The first-order valence-electron chi connectivity index (χ1n) is 8.22. The monoisotopic (exact) mass is 359 g/mol. The summed E-state index contributed by atoms with van der Waals surface area (Å²) < 4.78 is 0. The number of nitrogens with one attached hydrogen (secondary N) is 1. The van der Waals surface area contributed by atoms with Crippen LogP contribution in [0.4, 0.5) is 11.4 Å². The van der Waals surface area contributed by atoms with E-state index in [1.807, 2.05) is 42.5 Å². The van der Waals surface area contributed by atoms with Crippen LogP contribution in [0.3, 0.4) is 0 Å². The van der Waals surface area contributed by atoms with Crippen molar-refractivity contribution in [3.05, 3.63) is 106 Å². The average molecular weight is 359 g/mol. The summed E-state index contributed by atoms with van der Waals surface area (Å²) in [6, 6.07) is 22.5. The van der Waals surface area contributed by atoms with Gasteiger partial charge in [-0.15, -0.1) is 0 Å². The number of hydrazone groups is 1. The van der Waals surface area contributed by atoms with Crippen molar-refractivity contribution in [1.29, 1.82) is 0 Å². The van der Waals surface area contributed by atoms with E-state index in [-0.39, 0.29) is 11.4 Å². The van der Waals surface area contributed by atoms with Crippen LogP contribution in [0.25, 0.3) is 6.08 Å². The Kier molecular flexibility index (Phi) is 5.59. The second-order valence-corrected chi connectivity index (χ2v) is 5.70. The Morgan fingerprint density at radius 3 is 2.26 bits per heavy atom. The van der Waals surface area contributed by atoms with Crippen molar-refractivity contribution >= 4 is 23.2 Å². The molecule has 0 amide bonds. The third-order valence-electron chi connectivity index (χ3n) is 3.78. The molecule has 0 spiro atoms. The number of non-ortho nitro benzene ring substituents is 1. The first-order valence-corrected chi connectivity index (χ1v) is 8.22. The van der Waals surface area contributed by atoms with Gasteiger partial charge in [-0.2, -0.15) is 5.10 Å². The van der Waals surface area contributed by atoms with Crippen molar-refractivity contribution in [2.24, 2.45) is 5.10 Å². The van der Waals surface area contributed by atoms with Crippen molar-refractivity contribution in [1.82, 2.24) is 0 Å². The van der Waals surface area contributed by atoms with Gasteiger partial charge in [-0.25, -0.2) is 0 Å². The molecule has 0 aliphatic heterocycles. The van der Waals surface area contributed by atoms with Gasteiger partial charge < -0.3 is 5.11 Å². The number of phenolic OH excluding ortho intramolecular Hbond substituents is 1. The number of rotatable bonds is 6. The van der Waals surface area contributed by atoms with Gasteiger partial charge in [0.15, 0.2) is 0 Å². The highest BCUT2D eigenvalue weighted by Gasteiger charge is 2.04. The van der Waals surface area contributed by atoms with E-state index in [4.69, 9.17) is 0 Å². The lowest BCUT2D eigenvalue weighted by molar-refractivity contribution is -0.384. The Balaban J connectivity index is 1.86. The number of benzene rings is 3. The van der Waals surface area contributed by atoms with Crippen molar-refractivity contribution in [2.45, 2.75) is 0 Å². The Bertz CT molecular complexity index is 964. The average Bonchev–Trinajstić information content (AvgIpc) is 2.70. The summed E-state index contributed by atoms with van der Waals surface area (Å²) in [4.78, 5) is 10.3. The van der Waals surface area contributed by atoms with E-state index in [9.17, 15) is 15.2 Å². The number of allylic oxidation sites excluding steroid dienone is 1. The summed E-state index contributed by atoms with van der Waals surface area (Å²) in [7, 11) is 0. The Hall–Kier alpha value is -3.93. The highest BCUT2D eigenvalue weighted by molar-refractivity contribution is 6.11. The molecule has 0 aromatic heterocycles. The minimum Gasteiger partial charge on any atom is -0.508 e. The van der Waals surface area contributed by atoms with Crippen molar-refractivity contribution in [3.8, 4) is 5.75 Å². The Morgan fingerprint density at radius 2 is 1.63 bits per heavy atom. The van der Waals surface area contributed by atoms with E-state index in [1.54, 1.807) is 36.4 Å². The van der Waals surface area contributed by atoms with E-state index < -0.39 is 4.92 Å². The van der Waals surface area contributed by atoms with Gasteiger partial charge >= 0.3 is 0 Å². The molecule has 3 aromatic carbocycles. The number of nitro groups is 1. The van der Waals surface area contributed by atoms with E-state index in [2.05, 4.69) is 10.5 Å². The van der Waals surface area contributed by atoms with Crippen LogP contribution in [0.2, 0.25) is 0 Å². The maximum absolute atomic E-state index is 10.7. The molecule has 134 valence electrons. The maximum Gasteiger partial charge on any atom is 0.269 e. The quantitative estimate of drug-likeness (QED) is 0.375. The van der Waals surface area contributed by atoms with Gasteiger partial charge in [-0.05, 0) is 48.0 Å². The first-order chi connectivity index (χ1) is 13.1. The molecule has 2 N–H and O–H groups in total. The van der Waals surface area contributed by atoms with Gasteiger partial charge in [-0.1, -0.05) is 36.4 Å². The van der Waals surface area contributed by atoms with Crippen molar-refractivity contribution in [2.75, 3.05) is 5.43 Å². The lowest BCUT2D eigenvalue weighted by atomic mass is 10.1. The largest absolute Gasteiger partial charge is 0.508 e. The zero-order chi connectivity index (χ0) is 19.1.